The van der Waals surface area contributed by atoms with Crippen molar-refractivity contribution in [3.63, 3.8) is 0 Å². The number of benzene rings is 2. The summed E-state index contributed by atoms with van der Waals surface area (Å²) in [5.74, 6) is -0.132. The molecule has 3 rings (SSSR count). The average molecular weight is 386 g/mol. The molecule has 1 aromatic heterocycles. The monoisotopic (exact) mass is 385 g/mol. The van der Waals surface area contributed by atoms with Crippen LogP contribution in [0, 0.1) is 0 Å². The highest BCUT2D eigenvalue weighted by molar-refractivity contribution is 7.08. The van der Waals surface area contributed by atoms with Crippen LogP contribution in [0.5, 0.6) is 0 Å². The second-order valence-corrected chi connectivity index (χ2v) is 7.43. The van der Waals surface area contributed by atoms with E-state index in [1.165, 1.54) is 0 Å². The first-order chi connectivity index (χ1) is 12.5. The fourth-order valence-electron chi connectivity index (χ4n) is 2.70. The van der Waals surface area contributed by atoms with Gasteiger partial charge in [0.1, 0.15) is 5.60 Å². The highest BCUT2D eigenvalue weighted by Crippen LogP contribution is 2.26. The molecule has 1 unspecified atom stereocenters. The molecule has 0 aliphatic heterocycles. The molecule has 3 nitrogen and oxygen atoms in total. The molecule has 0 fully saturated rings. The van der Waals surface area contributed by atoms with Gasteiger partial charge in [-0.3, -0.25) is 4.79 Å². The molecule has 1 heterocycles. The lowest BCUT2D eigenvalue weighted by Crippen LogP contribution is -2.40. The molecule has 1 atom stereocenters. The summed E-state index contributed by atoms with van der Waals surface area (Å²) >= 11 is 7.74. The number of hydrogen-bond acceptors (Lipinski definition) is 3. The summed E-state index contributed by atoms with van der Waals surface area (Å²) in [6.45, 7) is 2.27. The third kappa shape index (κ3) is 4.15. The van der Waals surface area contributed by atoms with E-state index >= 15 is 0 Å². The van der Waals surface area contributed by atoms with Crippen molar-refractivity contribution in [2.75, 3.05) is 13.7 Å². The number of carbonyl (C=O) groups is 1. The van der Waals surface area contributed by atoms with Crippen molar-refractivity contribution in [2.45, 2.75) is 12.5 Å². The van der Waals surface area contributed by atoms with Gasteiger partial charge in [0, 0.05) is 17.7 Å². The SMILES string of the molecule is COC(C)(CNC(=O)c1ccc(-c2ccsc2)cc1)c1cccc(Cl)c1. The minimum Gasteiger partial charge on any atom is -0.372 e. The first kappa shape index (κ1) is 18.6. The minimum atomic E-state index is -0.656. The van der Waals surface area contributed by atoms with Gasteiger partial charge in [-0.1, -0.05) is 35.9 Å². The largest absolute Gasteiger partial charge is 0.372 e. The number of carbonyl (C=O) groups excluding carboxylic acids is 1. The molecule has 0 bridgehead atoms. The van der Waals surface area contributed by atoms with E-state index in [-0.39, 0.29) is 5.91 Å². The Morgan fingerprint density at radius 2 is 1.92 bits per heavy atom. The van der Waals surface area contributed by atoms with E-state index in [0.29, 0.717) is 17.1 Å². The quantitative estimate of drug-likeness (QED) is 0.620. The second kappa shape index (κ2) is 8.04. The number of rotatable bonds is 6. The predicted molar refractivity (Wildman–Crippen MR) is 108 cm³/mol. The van der Waals surface area contributed by atoms with E-state index in [9.17, 15) is 4.79 Å². The maximum atomic E-state index is 12.5. The molecule has 0 aliphatic rings. The molecule has 0 saturated heterocycles. The molecule has 0 radical (unpaired) electrons. The Kier molecular flexibility index (Phi) is 5.77. The first-order valence-electron chi connectivity index (χ1n) is 8.24. The Morgan fingerprint density at radius 3 is 2.54 bits per heavy atom. The predicted octanol–water partition coefficient (Wildman–Crippen LogP) is 5.36. The topological polar surface area (TPSA) is 38.3 Å². The second-order valence-electron chi connectivity index (χ2n) is 6.22. The zero-order valence-electron chi connectivity index (χ0n) is 14.7. The molecular weight excluding hydrogens is 366 g/mol. The average Bonchev–Trinajstić information content (AvgIpc) is 3.21. The van der Waals surface area contributed by atoms with Gasteiger partial charge < -0.3 is 10.1 Å². The lowest BCUT2D eigenvalue weighted by molar-refractivity contribution is 0.00315. The van der Waals surface area contributed by atoms with Gasteiger partial charge in [-0.25, -0.2) is 0 Å². The summed E-state index contributed by atoms with van der Waals surface area (Å²) in [5, 5.41) is 7.72. The van der Waals surface area contributed by atoms with Gasteiger partial charge in [-0.15, -0.1) is 0 Å². The highest BCUT2D eigenvalue weighted by atomic mass is 35.5. The van der Waals surface area contributed by atoms with Gasteiger partial charge in [0.2, 0.25) is 0 Å². The Balaban J connectivity index is 1.69. The van der Waals surface area contributed by atoms with Gasteiger partial charge in [0.15, 0.2) is 0 Å². The number of ether oxygens (including phenoxy) is 1. The Hall–Kier alpha value is -2.14. The first-order valence-corrected chi connectivity index (χ1v) is 9.56. The summed E-state index contributed by atoms with van der Waals surface area (Å²) < 4.78 is 5.66. The van der Waals surface area contributed by atoms with E-state index in [2.05, 4.69) is 16.8 Å². The third-order valence-electron chi connectivity index (χ3n) is 4.47. The Labute approximate surface area is 162 Å². The number of halogens is 1. The molecule has 1 N–H and O–H groups in total. The minimum absolute atomic E-state index is 0.132. The Bertz CT molecular complexity index is 877. The van der Waals surface area contributed by atoms with Crippen LogP contribution in [-0.4, -0.2) is 19.6 Å². The van der Waals surface area contributed by atoms with Crippen LogP contribution in [0.25, 0.3) is 11.1 Å². The lowest BCUT2D eigenvalue weighted by atomic mass is 9.95. The van der Waals surface area contributed by atoms with Gasteiger partial charge in [-0.2, -0.15) is 11.3 Å². The number of thiophene rings is 1. The van der Waals surface area contributed by atoms with E-state index in [4.69, 9.17) is 16.3 Å². The van der Waals surface area contributed by atoms with Crippen molar-refractivity contribution in [3.8, 4) is 11.1 Å². The molecule has 2 aromatic carbocycles. The molecule has 0 aliphatic carbocycles. The standard InChI is InChI=1S/C21H20ClNO2S/c1-21(25-2,18-4-3-5-19(22)12-18)14-23-20(24)16-8-6-15(7-9-16)17-10-11-26-13-17/h3-13H,14H2,1-2H3,(H,23,24). The van der Waals surface area contributed by atoms with Crippen molar-refractivity contribution >= 4 is 28.8 Å². The third-order valence-corrected chi connectivity index (χ3v) is 5.39. The highest BCUT2D eigenvalue weighted by Gasteiger charge is 2.27. The van der Waals surface area contributed by atoms with E-state index in [1.807, 2.05) is 60.8 Å². The van der Waals surface area contributed by atoms with E-state index in [0.717, 1.165) is 16.7 Å². The van der Waals surface area contributed by atoms with Crippen LogP contribution in [0.1, 0.15) is 22.8 Å². The van der Waals surface area contributed by atoms with Gasteiger partial charge >= 0.3 is 0 Å². The lowest BCUT2D eigenvalue weighted by Gasteiger charge is -2.29. The number of methoxy groups -OCH3 is 1. The van der Waals surface area contributed by atoms with Crippen molar-refractivity contribution in [2.24, 2.45) is 0 Å². The molecule has 26 heavy (non-hydrogen) atoms. The molecule has 0 spiro atoms. The molecule has 1 amide bonds. The fraction of sp³-hybridized carbons (Fsp3) is 0.190. The summed E-state index contributed by atoms with van der Waals surface area (Å²) in [7, 11) is 1.63. The van der Waals surface area contributed by atoms with Gasteiger partial charge in [-0.05, 0) is 64.7 Å². The molecular formula is C21H20ClNO2S. The van der Waals surface area contributed by atoms with Crippen molar-refractivity contribution in [3.05, 3.63) is 81.5 Å². The number of amides is 1. The van der Waals surface area contributed by atoms with E-state index in [1.54, 1.807) is 18.4 Å². The normalized spacial score (nSPS) is 13.2. The van der Waals surface area contributed by atoms with Crippen molar-refractivity contribution in [1.29, 1.82) is 0 Å². The zero-order valence-corrected chi connectivity index (χ0v) is 16.2. The van der Waals surface area contributed by atoms with Crippen LogP contribution in [-0.2, 0) is 10.3 Å². The van der Waals surface area contributed by atoms with Crippen LogP contribution < -0.4 is 5.32 Å². The molecule has 5 heteroatoms. The zero-order chi connectivity index (χ0) is 18.6. The van der Waals surface area contributed by atoms with Crippen molar-refractivity contribution < 1.29 is 9.53 Å². The molecule has 3 aromatic rings. The smallest absolute Gasteiger partial charge is 0.251 e. The van der Waals surface area contributed by atoms with Crippen LogP contribution in [0.15, 0.2) is 65.4 Å². The number of nitrogens with one attached hydrogen (secondary N) is 1. The summed E-state index contributed by atoms with van der Waals surface area (Å²) in [5.41, 5.74) is 3.14. The summed E-state index contributed by atoms with van der Waals surface area (Å²) in [6.07, 6.45) is 0. The van der Waals surface area contributed by atoms with Crippen LogP contribution >= 0.6 is 22.9 Å². The summed E-state index contributed by atoms with van der Waals surface area (Å²) in [4.78, 5) is 12.5. The van der Waals surface area contributed by atoms with E-state index < -0.39 is 5.60 Å². The van der Waals surface area contributed by atoms with Gasteiger partial charge in [0.05, 0.1) is 6.54 Å². The van der Waals surface area contributed by atoms with Crippen LogP contribution in [0.4, 0.5) is 0 Å². The van der Waals surface area contributed by atoms with Gasteiger partial charge in [0.25, 0.3) is 5.91 Å². The molecule has 134 valence electrons. The number of hydrogen-bond donors (Lipinski definition) is 1. The fourth-order valence-corrected chi connectivity index (χ4v) is 3.56. The maximum absolute atomic E-state index is 12.5. The molecule has 0 saturated carbocycles. The van der Waals surface area contributed by atoms with Crippen molar-refractivity contribution in [1.82, 2.24) is 5.32 Å². The summed E-state index contributed by atoms with van der Waals surface area (Å²) in [6, 6.07) is 17.2. The van der Waals surface area contributed by atoms with Crippen LogP contribution in [0.2, 0.25) is 5.02 Å². The maximum Gasteiger partial charge on any atom is 0.251 e. The van der Waals surface area contributed by atoms with Crippen LogP contribution in [0.3, 0.4) is 0 Å². The Morgan fingerprint density at radius 1 is 1.15 bits per heavy atom.